The molecular formula is C18H27NO. The van der Waals surface area contributed by atoms with Gasteiger partial charge in [-0.15, -0.1) is 0 Å². The highest BCUT2D eigenvalue weighted by molar-refractivity contribution is 5.41. The fourth-order valence-electron chi connectivity index (χ4n) is 4.25. The van der Waals surface area contributed by atoms with E-state index in [1.165, 1.54) is 36.8 Å². The minimum Gasteiger partial charge on any atom is -0.487 e. The number of ether oxygens (including phenoxy) is 1. The molecule has 2 heteroatoms. The minimum atomic E-state index is 0.0394. The van der Waals surface area contributed by atoms with Gasteiger partial charge in [0.25, 0.3) is 0 Å². The Hall–Kier alpha value is -1.02. The lowest BCUT2D eigenvalue weighted by atomic mass is 9.66. The van der Waals surface area contributed by atoms with Gasteiger partial charge in [0, 0.05) is 18.0 Å². The summed E-state index contributed by atoms with van der Waals surface area (Å²) in [6.45, 7) is 6.92. The van der Waals surface area contributed by atoms with Gasteiger partial charge in [-0.2, -0.15) is 0 Å². The summed E-state index contributed by atoms with van der Waals surface area (Å²) in [6.07, 6.45) is 6.07. The number of hydrogen-bond donors (Lipinski definition) is 1. The van der Waals surface area contributed by atoms with Crippen LogP contribution in [-0.2, 0) is 0 Å². The Balaban J connectivity index is 1.96. The van der Waals surface area contributed by atoms with Crippen molar-refractivity contribution in [3.05, 3.63) is 29.3 Å². The SMILES string of the molecule is CNC1CC2(CCCC(C)(C)C2)Oc2ccc(C)cc21. The second-order valence-corrected chi connectivity index (χ2v) is 7.57. The summed E-state index contributed by atoms with van der Waals surface area (Å²) in [7, 11) is 2.07. The molecule has 1 saturated carbocycles. The second-order valence-electron chi connectivity index (χ2n) is 7.57. The van der Waals surface area contributed by atoms with E-state index in [-0.39, 0.29) is 5.60 Å². The molecule has 1 spiro atoms. The molecule has 3 rings (SSSR count). The van der Waals surface area contributed by atoms with E-state index >= 15 is 0 Å². The van der Waals surface area contributed by atoms with Crippen molar-refractivity contribution < 1.29 is 4.74 Å². The second kappa shape index (κ2) is 4.77. The zero-order valence-electron chi connectivity index (χ0n) is 13.3. The summed E-state index contributed by atoms with van der Waals surface area (Å²) in [5.74, 6) is 1.10. The number of rotatable bonds is 1. The molecule has 1 fully saturated rings. The van der Waals surface area contributed by atoms with Crippen LogP contribution in [-0.4, -0.2) is 12.6 Å². The van der Waals surface area contributed by atoms with Gasteiger partial charge in [-0.05, 0) is 51.1 Å². The van der Waals surface area contributed by atoms with Crippen LogP contribution in [0.5, 0.6) is 5.75 Å². The van der Waals surface area contributed by atoms with Crippen LogP contribution < -0.4 is 10.1 Å². The van der Waals surface area contributed by atoms with Gasteiger partial charge >= 0.3 is 0 Å². The Labute approximate surface area is 122 Å². The summed E-state index contributed by atoms with van der Waals surface area (Å²) < 4.78 is 6.54. The molecule has 0 amide bonds. The predicted octanol–water partition coefficient (Wildman–Crippen LogP) is 4.38. The maximum atomic E-state index is 6.54. The normalized spacial score (nSPS) is 31.7. The van der Waals surface area contributed by atoms with E-state index in [0.717, 1.165) is 12.2 Å². The highest BCUT2D eigenvalue weighted by atomic mass is 16.5. The monoisotopic (exact) mass is 273 g/mol. The van der Waals surface area contributed by atoms with Crippen LogP contribution in [0.1, 0.15) is 63.1 Å². The summed E-state index contributed by atoms with van der Waals surface area (Å²) in [4.78, 5) is 0. The molecule has 0 saturated heterocycles. The van der Waals surface area contributed by atoms with Gasteiger partial charge in [-0.3, -0.25) is 0 Å². The molecule has 1 heterocycles. The summed E-state index contributed by atoms with van der Waals surface area (Å²) >= 11 is 0. The minimum absolute atomic E-state index is 0.0394. The van der Waals surface area contributed by atoms with Gasteiger partial charge in [0.15, 0.2) is 0 Å². The van der Waals surface area contributed by atoms with Gasteiger partial charge in [0.2, 0.25) is 0 Å². The molecule has 0 radical (unpaired) electrons. The van der Waals surface area contributed by atoms with Crippen LogP contribution in [0.2, 0.25) is 0 Å². The topological polar surface area (TPSA) is 21.3 Å². The van der Waals surface area contributed by atoms with Crippen LogP contribution in [0.25, 0.3) is 0 Å². The first-order valence-electron chi connectivity index (χ1n) is 7.90. The highest BCUT2D eigenvalue weighted by Gasteiger charge is 2.46. The highest BCUT2D eigenvalue weighted by Crippen LogP contribution is 2.50. The first kappa shape index (κ1) is 13.9. The molecule has 2 aliphatic rings. The Kier molecular flexibility index (Phi) is 3.32. The van der Waals surface area contributed by atoms with Crippen molar-refractivity contribution >= 4 is 0 Å². The molecule has 2 nitrogen and oxygen atoms in total. The summed E-state index contributed by atoms with van der Waals surface area (Å²) in [5.41, 5.74) is 3.09. The van der Waals surface area contributed by atoms with Crippen molar-refractivity contribution in [1.29, 1.82) is 0 Å². The number of fused-ring (bicyclic) bond motifs is 1. The maximum absolute atomic E-state index is 6.54. The molecule has 1 aliphatic carbocycles. The lowest BCUT2D eigenvalue weighted by Crippen LogP contribution is -2.48. The van der Waals surface area contributed by atoms with Gasteiger partial charge in [0.1, 0.15) is 11.4 Å². The number of nitrogens with one attached hydrogen (secondary N) is 1. The lowest BCUT2D eigenvalue weighted by molar-refractivity contribution is -0.0413. The van der Waals surface area contributed by atoms with E-state index in [1.807, 2.05) is 0 Å². The number of aryl methyl sites for hydroxylation is 1. The standard InChI is InChI=1S/C18H27NO/c1-13-6-7-16-14(10-13)15(19-4)11-18(20-16)9-5-8-17(2,3)12-18/h6-7,10,15,19H,5,8-9,11-12H2,1-4H3. The third-order valence-corrected chi connectivity index (χ3v) is 5.08. The molecular weight excluding hydrogens is 246 g/mol. The van der Waals surface area contributed by atoms with Gasteiger partial charge < -0.3 is 10.1 Å². The van der Waals surface area contributed by atoms with E-state index in [1.54, 1.807) is 0 Å². The van der Waals surface area contributed by atoms with E-state index in [2.05, 4.69) is 51.3 Å². The molecule has 1 N–H and O–H groups in total. The molecule has 1 aromatic rings. The Morgan fingerprint density at radius 3 is 2.75 bits per heavy atom. The summed E-state index contributed by atoms with van der Waals surface area (Å²) in [5, 5.41) is 3.51. The molecule has 1 aromatic carbocycles. The number of hydrogen-bond acceptors (Lipinski definition) is 2. The van der Waals surface area contributed by atoms with Crippen LogP contribution in [0.4, 0.5) is 0 Å². The zero-order chi connectivity index (χ0) is 14.4. The van der Waals surface area contributed by atoms with Crippen molar-refractivity contribution in [3.63, 3.8) is 0 Å². The molecule has 2 unspecified atom stereocenters. The average Bonchev–Trinajstić information content (AvgIpc) is 2.37. The largest absolute Gasteiger partial charge is 0.487 e. The van der Waals surface area contributed by atoms with Crippen LogP contribution in [0.3, 0.4) is 0 Å². The lowest BCUT2D eigenvalue weighted by Gasteiger charge is -2.49. The van der Waals surface area contributed by atoms with E-state index in [9.17, 15) is 0 Å². The van der Waals surface area contributed by atoms with Crippen LogP contribution in [0, 0.1) is 12.3 Å². The summed E-state index contributed by atoms with van der Waals surface area (Å²) in [6, 6.07) is 7.03. The molecule has 0 bridgehead atoms. The van der Waals surface area contributed by atoms with Gasteiger partial charge in [-0.25, -0.2) is 0 Å². The van der Waals surface area contributed by atoms with Crippen molar-refractivity contribution in [2.75, 3.05) is 7.05 Å². The smallest absolute Gasteiger partial charge is 0.124 e. The van der Waals surface area contributed by atoms with Crippen molar-refractivity contribution in [1.82, 2.24) is 5.32 Å². The zero-order valence-corrected chi connectivity index (χ0v) is 13.3. The van der Waals surface area contributed by atoms with Crippen molar-refractivity contribution in [2.45, 2.75) is 64.5 Å². The van der Waals surface area contributed by atoms with Gasteiger partial charge in [-0.1, -0.05) is 31.5 Å². The van der Waals surface area contributed by atoms with Crippen LogP contribution >= 0.6 is 0 Å². The predicted molar refractivity (Wildman–Crippen MR) is 83.2 cm³/mol. The Bertz CT molecular complexity index is 508. The van der Waals surface area contributed by atoms with Crippen molar-refractivity contribution in [2.24, 2.45) is 5.41 Å². The fourth-order valence-corrected chi connectivity index (χ4v) is 4.25. The van der Waals surface area contributed by atoms with Crippen molar-refractivity contribution in [3.8, 4) is 5.75 Å². The molecule has 110 valence electrons. The molecule has 20 heavy (non-hydrogen) atoms. The average molecular weight is 273 g/mol. The number of benzene rings is 1. The Morgan fingerprint density at radius 2 is 2.05 bits per heavy atom. The molecule has 1 aliphatic heterocycles. The van der Waals surface area contributed by atoms with E-state index < -0.39 is 0 Å². The third-order valence-electron chi connectivity index (χ3n) is 5.08. The fraction of sp³-hybridized carbons (Fsp3) is 0.667. The van der Waals surface area contributed by atoms with E-state index in [4.69, 9.17) is 4.74 Å². The van der Waals surface area contributed by atoms with E-state index in [0.29, 0.717) is 11.5 Å². The maximum Gasteiger partial charge on any atom is 0.124 e. The van der Waals surface area contributed by atoms with Gasteiger partial charge in [0.05, 0.1) is 0 Å². The Morgan fingerprint density at radius 1 is 1.25 bits per heavy atom. The molecule has 0 aromatic heterocycles. The first-order chi connectivity index (χ1) is 9.43. The first-order valence-corrected chi connectivity index (χ1v) is 7.90. The quantitative estimate of drug-likeness (QED) is 0.820. The molecule has 2 atom stereocenters. The third kappa shape index (κ3) is 2.46. The van der Waals surface area contributed by atoms with Crippen LogP contribution in [0.15, 0.2) is 18.2 Å².